The molecule has 1 aliphatic rings. The fourth-order valence-electron chi connectivity index (χ4n) is 1.25. The highest BCUT2D eigenvalue weighted by Crippen LogP contribution is 2.16. The first kappa shape index (κ1) is 5.70. The monoisotopic (exact) mass is 138 g/mol. The molecule has 1 aromatic rings. The molecule has 0 amide bonds. The second kappa shape index (κ2) is 1.97. The van der Waals surface area contributed by atoms with Gasteiger partial charge in [0.15, 0.2) is 0 Å². The molecule has 0 bridgehead atoms. The molecule has 2 heterocycles. The summed E-state index contributed by atoms with van der Waals surface area (Å²) in [5, 5.41) is 11.2. The molecule has 0 aromatic carbocycles. The van der Waals surface area contributed by atoms with Crippen molar-refractivity contribution in [1.82, 2.24) is 15.0 Å². The first-order valence-electron chi connectivity index (χ1n) is 3.50. The van der Waals surface area contributed by atoms with Crippen LogP contribution in [0.5, 0.6) is 0 Å². The van der Waals surface area contributed by atoms with Crippen LogP contribution in [0.3, 0.4) is 0 Å². The van der Waals surface area contributed by atoms with E-state index in [4.69, 9.17) is 0 Å². The summed E-state index contributed by atoms with van der Waals surface area (Å²) in [7, 11) is 1.91. The molecule has 0 aliphatic carbocycles. The average Bonchev–Trinajstić information content (AvgIpc) is 2.34. The highest BCUT2D eigenvalue weighted by atomic mass is 15.4. The van der Waals surface area contributed by atoms with Crippen LogP contribution in [0.25, 0.3) is 0 Å². The second-order valence-electron chi connectivity index (χ2n) is 2.54. The van der Waals surface area contributed by atoms with Crippen molar-refractivity contribution in [2.24, 2.45) is 7.05 Å². The first-order valence-corrected chi connectivity index (χ1v) is 3.50. The first-order chi connectivity index (χ1) is 4.88. The van der Waals surface area contributed by atoms with E-state index in [9.17, 15) is 0 Å². The standard InChI is InChI=1S/C6H10N4/c1-10-6-5(8-9-10)3-2-4-7-6/h7H,2-4H2,1H3. The van der Waals surface area contributed by atoms with Gasteiger partial charge in [0.05, 0.1) is 0 Å². The van der Waals surface area contributed by atoms with E-state index in [1.54, 1.807) is 4.68 Å². The van der Waals surface area contributed by atoms with Crippen LogP contribution in [0.4, 0.5) is 5.82 Å². The predicted molar refractivity (Wildman–Crippen MR) is 37.8 cm³/mol. The molecule has 10 heavy (non-hydrogen) atoms. The molecule has 0 spiro atoms. The van der Waals surface area contributed by atoms with Gasteiger partial charge >= 0.3 is 0 Å². The molecule has 0 saturated carbocycles. The highest BCUT2D eigenvalue weighted by molar-refractivity contribution is 5.41. The number of fused-ring (bicyclic) bond motifs is 1. The van der Waals surface area contributed by atoms with Crippen LogP contribution in [0.15, 0.2) is 0 Å². The Kier molecular flexibility index (Phi) is 1.12. The van der Waals surface area contributed by atoms with E-state index in [0.29, 0.717) is 0 Å². The molecule has 1 aliphatic heterocycles. The molecule has 0 saturated heterocycles. The molecule has 4 heteroatoms. The summed E-state index contributed by atoms with van der Waals surface area (Å²) in [5.41, 5.74) is 1.11. The number of hydrogen-bond donors (Lipinski definition) is 1. The van der Waals surface area contributed by atoms with Gasteiger partial charge in [0.25, 0.3) is 0 Å². The number of aryl methyl sites for hydroxylation is 2. The Labute approximate surface area is 59.2 Å². The van der Waals surface area contributed by atoms with Gasteiger partial charge in [-0.05, 0) is 12.8 Å². The summed E-state index contributed by atoms with van der Waals surface area (Å²) in [4.78, 5) is 0. The largest absolute Gasteiger partial charge is 0.369 e. The molecule has 0 radical (unpaired) electrons. The van der Waals surface area contributed by atoms with Gasteiger partial charge in [-0.2, -0.15) is 0 Å². The Hall–Kier alpha value is -1.06. The Morgan fingerprint density at radius 3 is 3.30 bits per heavy atom. The summed E-state index contributed by atoms with van der Waals surface area (Å²) >= 11 is 0. The van der Waals surface area contributed by atoms with Gasteiger partial charge in [0.1, 0.15) is 11.5 Å². The smallest absolute Gasteiger partial charge is 0.147 e. The van der Waals surface area contributed by atoms with Crippen LogP contribution < -0.4 is 5.32 Å². The summed E-state index contributed by atoms with van der Waals surface area (Å²) in [6, 6.07) is 0. The van der Waals surface area contributed by atoms with Crippen molar-refractivity contribution in [2.75, 3.05) is 11.9 Å². The maximum absolute atomic E-state index is 4.01. The normalized spacial score (nSPS) is 16.1. The van der Waals surface area contributed by atoms with Crippen molar-refractivity contribution >= 4 is 5.82 Å². The van der Waals surface area contributed by atoms with E-state index in [2.05, 4.69) is 15.6 Å². The molecule has 0 unspecified atom stereocenters. The van der Waals surface area contributed by atoms with Crippen LogP contribution in [0.1, 0.15) is 12.1 Å². The van der Waals surface area contributed by atoms with Crippen LogP contribution in [-0.2, 0) is 13.5 Å². The van der Waals surface area contributed by atoms with Gasteiger partial charge in [0, 0.05) is 13.6 Å². The molecule has 2 rings (SSSR count). The molecule has 1 N–H and O–H groups in total. The van der Waals surface area contributed by atoms with E-state index in [1.165, 1.54) is 6.42 Å². The Morgan fingerprint density at radius 1 is 1.60 bits per heavy atom. The summed E-state index contributed by atoms with van der Waals surface area (Å²) in [5.74, 6) is 1.09. The third-order valence-electron chi connectivity index (χ3n) is 1.78. The number of nitrogens with zero attached hydrogens (tertiary/aromatic N) is 3. The number of hydrogen-bond acceptors (Lipinski definition) is 3. The molecule has 4 nitrogen and oxygen atoms in total. The molecular formula is C6H10N4. The molecule has 54 valence electrons. The summed E-state index contributed by atoms with van der Waals surface area (Å²) in [6.07, 6.45) is 2.24. The van der Waals surface area contributed by atoms with Crippen molar-refractivity contribution in [3.8, 4) is 0 Å². The number of anilines is 1. The van der Waals surface area contributed by atoms with Crippen LogP contribution >= 0.6 is 0 Å². The van der Waals surface area contributed by atoms with Crippen LogP contribution in [0.2, 0.25) is 0 Å². The maximum atomic E-state index is 4.01. The van der Waals surface area contributed by atoms with Gasteiger partial charge in [-0.25, -0.2) is 4.68 Å². The third-order valence-corrected chi connectivity index (χ3v) is 1.78. The highest BCUT2D eigenvalue weighted by Gasteiger charge is 2.13. The minimum absolute atomic E-state index is 1.05. The topological polar surface area (TPSA) is 42.7 Å². The summed E-state index contributed by atoms with van der Waals surface area (Å²) < 4.78 is 1.79. The number of aromatic nitrogens is 3. The van der Waals surface area contributed by atoms with Crippen molar-refractivity contribution < 1.29 is 0 Å². The van der Waals surface area contributed by atoms with Gasteiger partial charge in [-0.3, -0.25) is 0 Å². The predicted octanol–water partition coefficient (Wildman–Crippen LogP) is 0.173. The van der Waals surface area contributed by atoms with Crippen molar-refractivity contribution in [3.63, 3.8) is 0 Å². The number of rotatable bonds is 0. The molecule has 0 fully saturated rings. The lowest BCUT2D eigenvalue weighted by Crippen LogP contribution is -2.13. The van der Waals surface area contributed by atoms with Gasteiger partial charge in [-0.1, -0.05) is 5.21 Å². The van der Waals surface area contributed by atoms with Crippen molar-refractivity contribution in [3.05, 3.63) is 5.69 Å². The molecular weight excluding hydrogens is 128 g/mol. The lowest BCUT2D eigenvalue weighted by atomic mass is 10.2. The fourth-order valence-corrected chi connectivity index (χ4v) is 1.25. The molecule has 0 atom stereocenters. The average molecular weight is 138 g/mol. The van der Waals surface area contributed by atoms with Gasteiger partial charge in [-0.15, -0.1) is 5.10 Å². The van der Waals surface area contributed by atoms with Crippen molar-refractivity contribution in [1.29, 1.82) is 0 Å². The molecule has 1 aromatic heterocycles. The van der Waals surface area contributed by atoms with E-state index >= 15 is 0 Å². The van der Waals surface area contributed by atoms with E-state index in [-0.39, 0.29) is 0 Å². The Morgan fingerprint density at radius 2 is 2.50 bits per heavy atom. The fraction of sp³-hybridized carbons (Fsp3) is 0.667. The minimum Gasteiger partial charge on any atom is -0.369 e. The third kappa shape index (κ3) is 0.683. The minimum atomic E-state index is 1.05. The van der Waals surface area contributed by atoms with E-state index in [1.807, 2.05) is 7.05 Å². The zero-order valence-electron chi connectivity index (χ0n) is 5.96. The van der Waals surface area contributed by atoms with Crippen molar-refractivity contribution in [2.45, 2.75) is 12.8 Å². The Bertz CT molecular complexity index is 240. The Balaban J connectivity index is 2.45. The van der Waals surface area contributed by atoms with E-state index < -0.39 is 0 Å². The quantitative estimate of drug-likeness (QED) is 0.556. The van der Waals surface area contributed by atoms with Gasteiger partial charge < -0.3 is 5.32 Å². The number of nitrogens with one attached hydrogen (secondary N) is 1. The lowest BCUT2D eigenvalue weighted by Gasteiger charge is -2.11. The maximum Gasteiger partial charge on any atom is 0.147 e. The van der Waals surface area contributed by atoms with Crippen LogP contribution in [0, 0.1) is 0 Å². The SMILES string of the molecule is Cn1nnc2c1NCCC2. The lowest BCUT2D eigenvalue weighted by molar-refractivity contribution is 0.718. The van der Waals surface area contributed by atoms with E-state index in [0.717, 1.165) is 24.5 Å². The zero-order chi connectivity index (χ0) is 6.97. The second-order valence-corrected chi connectivity index (χ2v) is 2.54. The zero-order valence-corrected chi connectivity index (χ0v) is 5.96. The van der Waals surface area contributed by atoms with Gasteiger partial charge in [0.2, 0.25) is 0 Å². The summed E-state index contributed by atoms with van der Waals surface area (Å²) in [6.45, 7) is 1.05. The van der Waals surface area contributed by atoms with Crippen LogP contribution in [-0.4, -0.2) is 21.5 Å².